The van der Waals surface area contributed by atoms with E-state index in [0.717, 1.165) is 24.0 Å². The summed E-state index contributed by atoms with van der Waals surface area (Å²) in [6.07, 6.45) is 2.71. The molecule has 7 heteroatoms. The van der Waals surface area contributed by atoms with Crippen molar-refractivity contribution in [3.63, 3.8) is 0 Å². The van der Waals surface area contributed by atoms with Gasteiger partial charge in [0.25, 0.3) is 0 Å². The standard InChI is InChI=1S/C14H15N7/c1-21-13-10(7-17-21)12(15)19-14(20-13)18-9-2-3-11-8(6-9)4-5-16-11/h2-3,6-7,16H,4-5H2,1H3,(H3,15,18,19,20). The van der Waals surface area contributed by atoms with Gasteiger partial charge in [-0.2, -0.15) is 15.1 Å². The molecule has 1 aliphatic heterocycles. The molecular formula is C14H15N7. The number of hydrogen-bond donors (Lipinski definition) is 3. The molecule has 1 aliphatic rings. The van der Waals surface area contributed by atoms with Gasteiger partial charge in [-0.05, 0) is 30.2 Å². The Kier molecular flexibility index (Phi) is 2.47. The lowest BCUT2D eigenvalue weighted by atomic mass is 10.1. The highest BCUT2D eigenvalue weighted by molar-refractivity contribution is 5.86. The lowest BCUT2D eigenvalue weighted by Gasteiger charge is -2.08. The largest absolute Gasteiger partial charge is 0.384 e. The van der Waals surface area contributed by atoms with Crippen LogP contribution in [-0.4, -0.2) is 26.3 Å². The summed E-state index contributed by atoms with van der Waals surface area (Å²) in [7, 11) is 1.83. The average molecular weight is 281 g/mol. The molecule has 0 spiro atoms. The lowest BCUT2D eigenvalue weighted by Crippen LogP contribution is -2.03. The van der Waals surface area contributed by atoms with E-state index in [4.69, 9.17) is 5.73 Å². The Balaban J connectivity index is 1.72. The second-order valence-corrected chi connectivity index (χ2v) is 5.11. The highest BCUT2D eigenvalue weighted by Crippen LogP contribution is 2.27. The number of nitrogens with one attached hydrogen (secondary N) is 2. The summed E-state index contributed by atoms with van der Waals surface area (Å²) in [6, 6.07) is 6.18. The van der Waals surface area contributed by atoms with E-state index in [1.54, 1.807) is 10.9 Å². The van der Waals surface area contributed by atoms with E-state index in [0.29, 0.717) is 17.4 Å². The molecule has 7 nitrogen and oxygen atoms in total. The summed E-state index contributed by atoms with van der Waals surface area (Å²) in [5.41, 5.74) is 10.1. The van der Waals surface area contributed by atoms with Gasteiger partial charge in [0.15, 0.2) is 5.65 Å². The Morgan fingerprint density at radius 2 is 2.24 bits per heavy atom. The van der Waals surface area contributed by atoms with Crippen LogP contribution in [0.1, 0.15) is 5.56 Å². The van der Waals surface area contributed by atoms with Gasteiger partial charge in [-0.25, -0.2) is 0 Å². The normalized spacial score (nSPS) is 13.2. The van der Waals surface area contributed by atoms with Crippen molar-refractivity contribution in [1.82, 2.24) is 19.7 Å². The molecule has 3 aromatic rings. The molecular weight excluding hydrogens is 266 g/mol. The highest BCUT2D eigenvalue weighted by atomic mass is 15.3. The van der Waals surface area contributed by atoms with Crippen molar-refractivity contribution < 1.29 is 0 Å². The topological polar surface area (TPSA) is 93.7 Å². The fourth-order valence-electron chi connectivity index (χ4n) is 2.61. The molecule has 0 atom stereocenters. The molecule has 0 saturated heterocycles. The van der Waals surface area contributed by atoms with E-state index in [1.165, 1.54) is 11.3 Å². The van der Waals surface area contributed by atoms with Gasteiger partial charge in [-0.1, -0.05) is 0 Å². The molecule has 21 heavy (non-hydrogen) atoms. The molecule has 106 valence electrons. The Bertz CT molecular complexity index is 837. The Labute approximate surface area is 121 Å². The van der Waals surface area contributed by atoms with Gasteiger partial charge in [0.05, 0.1) is 11.6 Å². The molecule has 4 N–H and O–H groups in total. The number of nitrogen functional groups attached to an aromatic ring is 1. The minimum absolute atomic E-state index is 0.429. The molecule has 3 heterocycles. The molecule has 0 bridgehead atoms. The number of anilines is 4. The molecule has 2 aromatic heterocycles. The van der Waals surface area contributed by atoms with Gasteiger partial charge in [0.2, 0.25) is 5.95 Å². The maximum absolute atomic E-state index is 5.96. The van der Waals surface area contributed by atoms with Crippen LogP contribution in [0.25, 0.3) is 11.0 Å². The molecule has 0 unspecified atom stereocenters. The van der Waals surface area contributed by atoms with Gasteiger partial charge < -0.3 is 16.4 Å². The highest BCUT2D eigenvalue weighted by Gasteiger charge is 2.12. The molecule has 0 radical (unpaired) electrons. The number of nitrogens with two attached hydrogens (primary N) is 1. The van der Waals surface area contributed by atoms with Crippen molar-refractivity contribution in [3.05, 3.63) is 30.0 Å². The van der Waals surface area contributed by atoms with Crippen LogP contribution >= 0.6 is 0 Å². The third kappa shape index (κ3) is 1.94. The zero-order valence-corrected chi connectivity index (χ0v) is 11.6. The summed E-state index contributed by atoms with van der Waals surface area (Å²) in [5.74, 6) is 0.910. The maximum Gasteiger partial charge on any atom is 0.231 e. The number of aromatic nitrogens is 4. The van der Waals surface area contributed by atoms with E-state index in [9.17, 15) is 0 Å². The van der Waals surface area contributed by atoms with Gasteiger partial charge in [0, 0.05) is 25.0 Å². The summed E-state index contributed by atoms with van der Waals surface area (Å²) < 4.78 is 1.69. The van der Waals surface area contributed by atoms with Gasteiger partial charge >= 0.3 is 0 Å². The predicted octanol–water partition coefficient (Wildman–Crippen LogP) is 1.66. The Hall–Kier alpha value is -2.83. The average Bonchev–Trinajstić information content (AvgIpc) is 3.06. The van der Waals surface area contributed by atoms with Crippen LogP contribution in [0.4, 0.5) is 23.1 Å². The van der Waals surface area contributed by atoms with Crippen LogP contribution < -0.4 is 16.4 Å². The van der Waals surface area contributed by atoms with Crippen LogP contribution in [0.5, 0.6) is 0 Å². The zero-order chi connectivity index (χ0) is 14.4. The van der Waals surface area contributed by atoms with E-state index < -0.39 is 0 Å². The van der Waals surface area contributed by atoms with Crippen molar-refractivity contribution in [2.24, 2.45) is 7.05 Å². The summed E-state index contributed by atoms with van der Waals surface area (Å²) in [5, 5.41) is 11.5. The first kappa shape index (κ1) is 12.0. The number of rotatable bonds is 2. The quantitative estimate of drug-likeness (QED) is 0.661. The van der Waals surface area contributed by atoms with Gasteiger partial charge in [0.1, 0.15) is 5.82 Å². The van der Waals surface area contributed by atoms with Gasteiger partial charge in [-0.3, -0.25) is 4.68 Å². The van der Waals surface area contributed by atoms with Crippen LogP contribution in [0.3, 0.4) is 0 Å². The maximum atomic E-state index is 5.96. The van der Waals surface area contributed by atoms with E-state index >= 15 is 0 Å². The first-order chi connectivity index (χ1) is 10.2. The first-order valence-corrected chi connectivity index (χ1v) is 6.80. The van der Waals surface area contributed by atoms with Crippen molar-refractivity contribution >= 4 is 34.2 Å². The molecule has 0 saturated carbocycles. The van der Waals surface area contributed by atoms with Gasteiger partial charge in [-0.15, -0.1) is 0 Å². The zero-order valence-electron chi connectivity index (χ0n) is 11.6. The lowest BCUT2D eigenvalue weighted by molar-refractivity contribution is 0.786. The smallest absolute Gasteiger partial charge is 0.231 e. The summed E-state index contributed by atoms with van der Waals surface area (Å²) >= 11 is 0. The van der Waals surface area contributed by atoms with Crippen LogP contribution in [0.15, 0.2) is 24.4 Å². The number of aryl methyl sites for hydroxylation is 1. The number of hydrogen-bond acceptors (Lipinski definition) is 6. The first-order valence-electron chi connectivity index (χ1n) is 6.80. The summed E-state index contributed by atoms with van der Waals surface area (Å²) in [6.45, 7) is 0.989. The molecule has 4 rings (SSSR count). The van der Waals surface area contributed by atoms with Crippen molar-refractivity contribution in [2.45, 2.75) is 6.42 Å². The molecule has 1 aromatic carbocycles. The van der Waals surface area contributed by atoms with Crippen LogP contribution in [0, 0.1) is 0 Å². The van der Waals surface area contributed by atoms with Crippen molar-refractivity contribution in [3.8, 4) is 0 Å². The fraction of sp³-hybridized carbons (Fsp3) is 0.214. The summed E-state index contributed by atoms with van der Waals surface area (Å²) in [4.78, 5) is 8.76. The van der Waals surface area contributed by atoms with Crippen LogP contribution in [-0.2, 0) is 13.5 Å². The molecule has 0 fully saturated rings. The van der Waals surface area contributed by atoms with E-state index in [-0.39, 0.29) is 0 Å². The third-order valence-corrected chi connectivity index (χ3v) is 3.69. The van der Waals surface area contributed by atoms with E-state index in [1.807, 2.05) is 13.1 Å². The molecule has 0 aliphatic carbocycles. The number of benzene rings is 1. The second kappa shape index (κ2) is 4.34. The third-order valence-electron chi connectivity index (χ3n) is 3.69. The SMILES string of the molecule is Cn1ncc2c(N)nc(Nc3ccc4c(c3)CCN4)nc21. The van der Waals surface area contributed by atoms with Crippen molar-refractivity contribution in [2.75, 3.05) is 22.9 Å². The number of fused-ring (bicyclic) bond motifs is 2. The van der Waals surface area contributed by atoms with E-state index in [2.05, 4.69) is 37.8 Å². The predicted molar refractivity (Wildman–Crippen MR) is 82.6 cm³/mol. The minimum atomic E-state index is 0.429. The number of nitrogens with zero attached hydrogens (tertiary/aromatic N) is 4. The fourth-order valence-corrected chi connectivity index (χ4v) is 2.61. The minimum Gasteiger partial charge on any atom is -0.384 e. The monoisotopic (exact) mass is 281 g/mol. The Morgan fingerprint density at radius 1 is 1.33 bits per heavy atom. The molecule has 0 amide bonds. The van der Waals surface area contributed by atoms with Crippen LogP contribution in [0.2, 0.25) is 0 Å². The second-order valence-electron chi connectivity index (χ2n) is 5.11. The Morgan fingerprint density at radius 3 is 3.14 bits per heavy atom. The van der Waals surface area contributed by atoms with Crippen molar-refractivity contribution in [1.29, 1.82) is 0 Å².